The molecule has 88 valence electrons. The Balaban J connectivity index is 1.72. The molecule has 1 aliphatic rings. The van der Waals surface area contributed by atoms with E-state index in [9.17, 15) is 0 Å². The number of hydrogen-bond acceptors (Lipinski definition) is 1. The summed E-state index contributed by atoms with van der Waals surface area (Å²) in [7, 11) is 0. The van der Waals surface area contributed by atoms with Crippen molar-refractivity contribution in [1.82, 2.24) is 0 Å². The first-order valence-electron chi connectivity index (χ1n) is 6.64. The molecule has 0 aliphatic heterocycles. The molecule has 0 spiro atoms. The molecular weight excluding hydrogens is 194 g/mol. The second kappa shape index (κ2) is 6.05. The molecule has 0 heterocycles. The summed E-state index contributed by atoms with van der Waals surface area (Å²) < 4.78 is 0. The summed E-state index contributed by atoms with van der Waals surface area (Å²) in [6.07, 6.45) is 8.11. The predicted octanol–water partition coefficient (Wildman–Crippen LogP) is 3.38. The molecule has 1 nitrogen and oxygen atoms in total. The lowest BCUT2D eigenvalue weighted by Gasteiger charge is -2.17. The lowest BCUT2D eigenvalue weighted by molar-refractivity contribution is 0.364. The SMILES string of the molecule is NCC1CCCC1CCCc1ccccc1. The van der Waals surface area contributed by atoms with Gasteiger partial charge in [-0.15, -0.1) is 0 Å². The summed E-state index contributed by atoms with van der Waals surface area (Å²) in [5, 5.41) is 0. The molecule has 1 heteroatoms. The van der Waals surface area contributed by atoms with Crippen LogP contribution in [0, 0.1) is 11.8 Å². The van der Waals surface area contributed by atoms with E-state index in [0.29, 0.717) is 0 Å². The Hall–Kier alpha value is -0.820. The molecule has 1 fully saturated rings. The van der Waals surface area contributed by atoms with Crippen LogP contribution >= 0.6 is 0 Å². The molecule has 0 saturated heterocycles. The Bertz CT molecular complexity index is 294. The van der Waals surface area contributed by atoms with Gasteiger partial charge in [-0.3, -0.25) is 0 Å². The van der Waals surface area contributed by atoms with Crippen LogP contribution in [0.25, 0.3) is 0 Å². The largest absolute Gasteiger partial charge is 0.330 e. The molecule has 1 aromatic rings. The molecule has 2 N–H and O–H groups in total. The van der Waals surface area contributed by atoms with Gasteiger partial charge < -0.3 is 5.73 Å². The Morgan fingerprint density at radius 2 is 1.81 bits per heavy atom. The minimum atomic E-state index is 0.816. The first-order valence-corrected chi connectivity index (χ1v) is 6.64. The Kier molecular flexibility index (Phi) is 4.41. The maximum absolute atomic E-state index is 5.81. The van der Waals surface area contributed by atoms with Crippen LogP contribution in [-0.4, -0.2) is 6.54 Å². The highest BCUT2D eigenvalue weighted by Crippen LogP contribution is 2.34. The van der Waals surface area contributed by atoms with Crippen LogP contribution in [0.1, 0.15) is 37.7 Å². The number of rotatable bonds is 5. The number of hydrogen-bond donors (Lipinski definition) is 1. The summed E-state index contributed by atoms with van der Waals surface area (Å²) in [5.41, 5.74) is 7.28. The molecule has 0 radical (unpaired) electrons. The zero-order valence-corrected chi connectivity index (χ0v) is 10.1. The monoisotopic (exact) mass is 217 g/mol. The van der Waals surface area contributed by atoms with Crippen LogP contribution in [0.3, 0.4) is 0 Å². The van der Waals surface area contributed by atoms with Crippen molar-refractivity contribution in [2.75, 3.05) is 6.54 Å². The zero-order chi connectivity index (χ0) is 11.2. The van der Waals surface area contributed by atoms with Crippen LogP contribution in [0.4, 0.5) is 0 Å². The normalized spacial score (nSPS) is 24.8. The van der Waals surface area contributed by atoms with Crippen molar-refractivity contribution in [3.8, 4) is 0 Å². The summed E-state index contributed by atoms with van der Waals surface area (Å²) in [5.74, 6) is 1.73. The number of aryl methyl sites for hydroxylation is 1. The van der Waals surface area contributed by atoms with Gasteiger partial charge in [-0.05, 0) is 49.6 Å². The van der Waals surface area contributed by atoms with Crippen LogP contribution in [0.5, 0.6) is 0 Å². The summed E-state index contributed by atoms with van der Waals surface area (Å²) >= 11 is 0. The van der Waals surface area contributed by atoms with Crippen molar-refractivity contribution in [3.05, 3.63) is 35.9 Å². The molecule has 2 unspecified atom stereocenters. The van der Waals surface area contributed by atoms with Gasteiger partial charge in [0.1, 0.15) is 0 Å². The average Bonchev–Trinajstić information content (AvgIpc) is 2.78. The van der Waals surface area contributed by atoms with Gasteiger partial charge in [0, 0.05) is 0 Å². The lowest BCUT2D eigenvalue weighted by Crippen LogP contribution is -2.18. The summed E-state index contributed by atoms with van der Waals surface area (Å²) in [6, 6.07) is 10.8. The van der Waals surface area contributed by atoms with Gasteiger partial charge in [-0.1, -0.05) is 43.2 Å². The van der Waals surface area contributed by atoms with Crippen LogP contribution in [0.15, 0.2) is 30.3 Å². The molecular formula is C15H23N. The third-order valence-electron chi connectivity index (χ3n) is 4.00. The molecule has 2 rings (SSSR count). The molecule has 0 aromatic heterocycles. The van der Waals surface area contributed by atoms with Gasteiger partial charge in [0.05, 0.1) is 0 Å². The van der Waals surface area contributed by atoms with Crippen molar-refractivity contribution < 1.29 is 0 Å². The molecule has 1 aliphatic carbocycles. The standard InChI is InChI=1S/C15H23N/c16-12-15-11-5-10-14(15)9-4-8-13-6-2-1-3-7-13/h1-3,6-7,14-15H,4-5,8-12,16H2. The van der Waals surface area contributed by atoms with Gasteiger partial charge in [0.25, 0.3) is 0 Å². The maximum Gasteiger partial charge on any atom is -0.00462 e. The quantitative estimate of drug-likeness (QED) is 0.804. The fourth-order valence-electron chi connectivity index (χ4n) is 3.02. The van der Waals surface area contributed by atoms with E-state index in [-0.39, 0.29) is 0 Å². The van der Waals surface area contributed by atoms with Gasteiger partial charge in [0.2, 0.25) is 0 Å². The smallest absolute Gasteiger partial charge is 0.00462 e. The summed E-state index contributed by atoms with van der Waals surface area (Å²) in [6.45, 7) is 0.899. The third kappa shape index (κ3) is 3.08. The van der Waals surface area contributed by atoms with E-state index in [4.69, 9.17) is 5.73 Å². The molecule has 1 saturated carbocycles. The van der Waals surface area contributed by atoms with Gasteiger partial charge >= 0.3 is 0 Å². The number of nitrogens with two attached hydrogens (primary N) is 1. The highest BCUT2D eigenvalue weighted by molar-refractivity contribution is 5.14. The van der Waals surface area contributed by atoms with E-state index in [1.165, 1.54) is 44.1 Å². The van der Waals surface area contributed by atoms with Gasteiger partial charge in [-0.2, -0.15) is 0 Å². The zero-order valence-electron chi connectivity index (χ0n) is 10.1. The fourth-order valence-corrected chi connectivity index (χ4v) is 3.02. The topological polar surface area (TPSA) is 26.0 Å². The van der Waals surface area contributed by atoms with E-state index in [0.717, 1.165) is 18.4 Å². The average molecular weight is 217 g/mol. The molecule has 0 bridgehead atoms. The second-order valence-electron chi connectivity index (χ2n) is 5.06. The Labute approximate surface area is 99.0 Å². The first kappa shape index (κ1) is 11.7. The van der Waals surface area contributed by atoms with Crippen molar-refractivity contribution >= 4 is 0 Å². The predicted molar refractivity (Wildman–Crippen MR) is 69.3 cm³/mol. The second-order valence-corrected chi connectivity index (χ2v) is 5.06. The van der Waals surface area contributed by atoms with Crippen LogP contribution < -0.4 is 5.73 Å². The number of benzene rings is 1. The minimum Gasteiger partial charge on any atom is -0.330 e. The van der Waals surface area contributed by atoms with Crippen LogP contribution in [0.2, 0.25) is 0 Å². The highest BCUT2D eigenvalue weighted by Gasteiger charge is 2.25. The van der Waals surface area contributed by atoms with E-state index in [1.54, 1.807) is 0 Å². The Morgan fingerprint density at radius 3 is 2.56 bits per heavy atom. The lowest BCUT2D eigenvalue weighted by atomic mass is 9.90. The molecule has 2 atom stereocenters. The van der Waals surface area contributed by atoms with E-state index in [2.05, 4.69) is 30.3 Å². The molecule has 1 aromatic carbocycles. The van der Waals surface area contributed by atoms with E-state index in [1.807, 2.05) is 0 Å². The first-order chi connectivity index (χ1) is 7.90. The van der Waals surface area contributed by atoms with Crippen molar-refractivity contribution in [3.63, 3.8) is 0 Å². The fraction of sp³-hybridized carbons (Fsp3) is 0.600. The van der Waals surface area contributed by atoms with E-state index >= 15 is 0 Å². The van der Waals surface area contributed by atoms with Gasteiger partial charge in [0.15, 0.2) is 0 Å². The third-order valence-corrected chi connectivity index (χ3v) is 4.00. The highest BCUT2D eigenvalue weighted by atomic mass is 14.6. The maximum atomic E-state index is 5.81. The van der Waals surface area contributed by atoms with E-state index < -0.39 is 0 Å². The van der Waals surface area contributed by atoms with Crippen molar-refractivity contribution in [1.29, 1.82) is 0 Å². The molecule has 16 heavy (non-hydrogen) atoms. The van der Waals surface area contributed by atoms with Crippen LogP contribution in [-0.2, 0) is 6.42 Å². The minimum absolute atomic E-state index is 0.816. The molecule has 0 amide bonds. The van der Waals surface area contributed by atoms with Crippen molar-refractivity contribution in [2.45, 2.75) is 38.5 Å². The Morgan fingerprint density at radius 1 is 1.06 bits per heavy atom. The van der Waals surface area contributed by atoms with Gasteiger partial charge in [-0.25, -0.2) is 0 Å². The van der Waals surface area contributed by atoms with Crippen molar-refractivity contribution in [2.24, 2.45) is 17.6 Å². The summed E-state index contributed by atoms with van der Waals surface area (Å²) in [4.78, 5) is 0.